The normalized spacial score (nSPS) is 11.7. The Balaban J connectivity index is 2.32. The van der Waals surface area contributed by atoms with E-state index in [4.69, 9.17) is 4.98 Å². The van der Waals surface area contributed by atoms with Gasteiger partial charge in [-0.2, -0.15) is 0 Å². The molecule has 0 aromatic carbocycles. The van der Waals surface area contributed by atoms with Crippen LogP contribution in [0.15, 0.2) is 17.6 Å². The van der Waals surface area contributed by atoms with E-state index in [0.29, 0.717) is 0 Å². The summed E-state index contributed by atoms with van der Waals surface area (Å²) in [4.78, 5) is 12.4. The fourth-order valence-corrected chi connectivity index (χ4v) is 2.85. The summed E-state index contributed by atoms with van der Waals surface area (Å²) < 4.78 is 0. The van der Waals surface area contributed by atoms with Crippen LogP contribution in [0.2, 0.25) is 0 Å². The summed E-state index contributed by atoms with van der Waals surface area (Å²) in [5.41, 5.74) is 4.80. The molecule has 2 rings (SSSR count). The largest absolute Gasteiger partial charge is 0.392 e. The van der Waals surface area contributed by atoms with Crippen molar-refractivity contribution in [1.29, 1.82) is 0 Å². The van der Waals surface area contributed by atoms with Crippen LogP contribution in [-0.4, -0.2) is 22.1 Å². The van der Waals surface area contributed by atoms with Gasteiger partial charge in [-0.1, -0.05) is 20.8 Å². The quantitative estimate of drug-likeness (QED) is 0.942. The Morgan fingerprint density at radius 1 is 1.29 bits per heavy atom. The van der Waals surface area contributed by atoms with Gasteiger partial charge < -0.3 is 10.0 Å². The minimum absolute atomic E-state index is 0.0338. The first-order chi connectivity index (χ1) is 9.81. The molecule has 21 heavy (non-hydrogen) atoms. The summed E-state index contributed by atoms with van der Waals surface area (Å²) in [6, 6.07) is 3.93. The van der Waals surface area contributed by atoms with Gasteiger partial charge in [-0.15, -0.1) is 11.3 Å². The lowest BCUT2D eigenvalue weighted by Gasteiger charge is -2.24. The summed E-state index contributed by atoms with van der Waals surface area (Å²) in [5.74, 6) is 0.888. The zero-order chi connectivity index (χ0) is 15.6. The molecule has 4 nitrogen and oxygen atoms in total. The number of aliphatic hydroxyl groups excluding tert-OH is 1. The Morgan fingerprint density at radius 2 is 2.00 bits per heavy atom. The first kappa shape index (κ1) is 15.9. The lowest BCUT2D eigenvalue weighted by atomic mass is 9.91. The molecular weight excluding hydrogens is 282 g/mol. The Kier molecular flexibility index (Phi) is 4.64. The molecule has 0 unspecified atom stereocenters. The Morgan fingerprint density at radius 3 is 2.52 bits per heavy atom. The maximum atomic E-state index is 9.48. The van der Waals surface area contributed by atoms with Crippen LogP contribution < -0.4 is 4.90 Å². The topological polar surface area (TPSA) is 49.2 Å². The molecule has 2 aromatic heterocycles. The number of aromatic nitrogens is 2. The van der Waals surface area contributed by atoms with Crippen molar-refractivity contribution in [2.24, 2.45) is 0 Å². The summed E-state index contributed by atoms with van der Waals surface area (Å²) in [6.45, 7) is 9.24. The molecule has 0 fully saturated rings. The number of pyridine rings is 1. The minimum atomic E-state index is -0.0405. The maximum absolute atomic E-state index is 9.48. The third-order valence-electron chi connectivity index (χ3n) is 3.44. The summed E-state index contributed by atoms with van der Waals surface area (Å²) in [5, 5.41) is 9.48. The van der Waals surface area contributed by atoms with Crippen LogP contribution in [0.3, 0.4) is 0 Å². The lowest BCUT2D eigenvalue weighted by Crippen LogP contribution is -2.21. The zero-order valence-electron chi connectivity index (χ0n) is 13.3. The first-order valence-electron chi connectivity index (χ1n) is 7.03. The van der Waals surface area contributed by atoms with E-state index >= 15 is 0 Å². The van der Waals surface area contributed by atoms with Gasteiger partial charge in [0, 0.05) is 23.0 Å². The second-order valence-corrected chi connectivity index (χ2v) is 7.28. The molecule has 0 saturated heterocycles. The van der Waals surface area contributed by atoms with Gasteiger partial charge in [0.1, 0.15) is 5.82 Å². The fraction of sp³-hybridized carbons (Fsp3) is 0.500. The Bertz CT molecular complexity index is 616. The van der Waals surface area contributed by atoms with Gasteiger partial charge in [-0.05, 0) is 24.6 Å². The Labute approximate surface area is 130 Å². The molecule has 2 heterocycles. The molecule has 0 bridgehead atoms. The van der Waals surface area contributed by atoms with E-state index in [1.807, 2.05) is 31.6 Å². The number of aryl methyl sites for hydroxylation is 1. The lowest BCUT2D eigenvalue weighted by molar-refractivity contribution is 0.281. The second-order valence-electron chi connectivity index (χ2n) is 6.34. The highest BCUT2D eigenvalue weighted by Gasteiger charge is 2.18. The van der Waals surface area contributed by atoms with Crippen LogP contribution in [-0.2, 0) is 18.6 Å². The van der Waals surface area contributed by atoms with Gasteiger partial charge in [-0.25, -0.2) is 9.97 Å². The second kappa shape index (κ2) is 6.12. The number of hydrogen-bond donors (Lipinski definition) is 1. The van der Waals surface area contributed by atoms with Crippen LogP contribution in [0.5, 0.6) is 0 Å². The van der Waals surface area contributed by atoms with Gasteiger partial charge >= 0.3 is 0 Å². The van der Waals surface area contributed by atoms with E-state index in [1.54, 1.807) is 11.3 Å². The monoisotopic (exact) mass is 305 g/mol. The highest BCUT2D eigenvalue weighted by molar-refractivity contribution is 7.09. The standard InChI is InChI=1S/C16H23N3OS/c1-11-13(21-10-17-11)8-19(5)15-7-12(9-20)6-14(18-15)16(2,3)4/h6-7,10,20H,8-9H2,1-5H3. The fourth-order valence-electron chi connectivity index (χ4n) is 2.02. The third kappa shape index (κ3) is 3.80. The van der Waals surface area contributed by atoms with Gasteiger partial charge in [0.05, 0.1) is 24.4 Å². The van der Waals surface area contributed by atoms with Crippen LogP contribution >= 0.6 is 11.3 Å². The van der Waals surface area contributed by atoms with Crippen molar-refractivity contribution in [3.8, 4) is 0 Å². The average molecular weight is 305 g/mol. The maximum Gasteiger partial charge on any atom is 0.129 e. The van der Waals surface area contributed by atoms with E-state index in [1.165, 1.54) is 4.88 Å². The highest BCUT2D eigenvalue weighted by atomic mass is 32.1. The molecule has 0 spiro atoms. The molecule has 0 radical (unpaired) electrons. The van der Waals surface area contributed by atoms with Crippen molar-refractivity contribution in [1.82, 2.24) is 9.97 Å². The van der Waals surface area contributed by atoms with Crippen molar-refractivity contribution < 1.29 is 5.11 Å². The van der Waals surface area contributed by atoms with E-state index in [-0.39, 0.29) is 12.0 Å². The van der Waals surface area contributed by atoms with Gasteiger partial charge in [0.15, 0.2) is 0 Å². The highest BCUT2D eigenvalue weighted by Crippen LogP contribution is 2.26. The number of anilines is 1. The average Bonchev–Trinajstić information content (AvgIpc) is 2.82. The summed E-state index contributed by atoms with van der Waals surface area (Å²) in [6.07, 6.45) is 0. The van der Waals surface area contributed by atoms with Crippen LogP contribution in [0.1, 0.15) is 42.6 Å². The van der Waals surface area contributed by atoms with Gasteiger partial charge in [0.25, 0.3) is 0 Å². The minimum Gasteiger partial charge on any atom is -0.392 e. The van der Waals surface area contributed by atoms with E-state index in [9.17, 15) is 5.11 Å². The van der Waals surface area contributed by atoms with Crippen molar-refractivity contribution in [2.75, 3.05) is 11.9 Å². The van der Waals surface area contributed by atoms with Crippen LogP contribution in [0.25, 0.3) is 0 Å². The molecule has 0 amide bonds. The predicted octanol–water partition coefficient (Wildman–Crippen LogP) is 3.27. The SMILES string of the molecule is Cc1ncsc1CN(C)c1cc(CO)cc(C(C)(C)C)n1. The van der Waals surface area contributed by atoms with E-state index in [2.05, 4.69) is 30.7 Å². The van der Waals surface area contributed by atoms with Gasteiger partial charge in [0.2, 0.25) is 0 Å². The van der Waals surface area contributed by atoms with Gasteiger partial charge in [-0.3, -0.25) is 0 Å². The van der Waals surface area contributed by atoms with Crippen molar-refractivity contribution in [3.05, 3.63) is 39.5 Å². The number of nitrogens with zero attached hydrogens (tertiary/aromatic N) is 3. The molecule has 0 aliphatic heterocycles. The summed E-state index contributed by atoms with van der Waals surface area (Å²) in [7, 11) is 2.02. The van der Waals surface area contributed by atoms with E-state index in [0.717, 1.165) is 29.3 Å². The third-order valence-corrected chi connectivity index (χ3v) is 4.36. The molecule has 1 N–H and O–H groups in total. The summed E-state index contributed by atoms with van der Waals surface area (Å²) >= 11 is 1.66. The van der Waals surface area contributed by atoms with Crippen LogP contribution in [0.4, 0.5) is 5.82 Å². The zero-order valence-corrected chi connectivity index (χ0v) is 14.2. The van der Waals surface area contributed by atoms with Crippen molar-refractivity contribution in [2.45, 2.75) is 46.3 Å². The molecule has 114 valence electrons. The van der Waals surface area contributed by atoms with Crippen molar-refractivity contribution >= 4 is 17.2 Å². The number of aliphatic hydroxyl groups is 1. The number of hydrogen-bond acceptors (Lipinski definition) is 5. The number of rotatable bonds is 4. The van der Waals surface area contributed by atoms with Crippen LogP contribution in [0, 0.1) is 6.92 Å². The van der Waals surface area contributed by atoms with Crippen molar-refractivity contribution in [3.63, 3.8) is 0 Å². The van der Waals surface area contributed by atoms with E-state index < -0.39 is 0 Å². The first-order valence-corrected chi connectivity index (χ1v) is 7.91. The molecule has 5 heteroatoms. The molecule has 2 aromatic rings. The molecule has 0 aliphatic carbocycles. The molecule has 0 aliphatic rings. The number of thiazole rings is 1. The smallest absolute Gasteiger partial charge is 0.129 e. The molecule has 0 saturated carbocycles. The molecule has 0 atom stereocenters. The Hall–Kier alpha value is -1.46. The predicted molar refractivity (Wildman–Crippen MR) is 87.8 cm³/mol. The molecular formula is C16H23N3OS.